The molecule has 1 aromatic carbocycles. The van der Waals surface area contributed by atoms with E-state index in [1.807, 2.05) is 0 Å². The number of nitrogens with one attached hydrogen (secondary N) is 1. The molecule has 0 aromatic heterocycles. The molecule has 1 rings (SSSR count). The van der Waals surface area contributed by atoms with Crippen LogP contribution >= 0.6 is 11.6 Å². The standard InChI is InChI=1S/C12H19ClN2O5S2/c1-4-22(18,19)14-7-8-15(21(3,16)17)11-9-10(13)5-6-12(11)20-2/h5-6,9,14H,4,7-8H2,1-3H3. The van der Waals surface area contributed by atoms with Crippen LogP contribution < -0.4 is 13.8 Å². The number of rotatable bonds is 8. The van der Waals surface area contributed by atoms with Gasteiger partial charge in [-0.1, -0.05) is 11.6 Å². The van der Waals surface area contributed by atoms with E-state index in [-0.39, 0.29) is 24.5 Å². The summed E-state index contributed by atoms with van der Waals surface area (Å²) < 4.78 is 55.3. The van der Waals surface area contributed by atoms with Crippen molar-refractivity contribution in [3.63, 3.8) is 0 Å². The van der Waals surface area contributed by atoms with Crippen molar-refractivity contribution in [2.45, 2.75) is 6.92 Å². The van der Waals surface area contributed by atoms with Gasteiger partial charge in [0, 0.05) is 18.1 Å². The zero-order chi connectivity index (χ0) is 17.0. The van der Waals surface area contributed by atoms with Gasteiger partial charge in [0.25, 0.3) is 0 Å². The zero-order valence-corrected chi connectivity index (χ0v) is 14.9. The van der Waals surface area contributed by atoms with Gasteiger partial charge in [-0.3, -0.25) is 4.31 Å². The van der Waals surface area contributed by atoms with E-state index >= 15 is 0 Å². The van der Waals surface area contributed by atoms with Gasteiger partial charge in [-0.25, -0.2) is 21.6 Å². The highest BCUT2D eigenvalue weighted by molar-refractivity contribution is 7.92. The number of hydrogen-bond donors (Lipinski definition) is 1. The summed E-state index contributed by atoms with van der Waals surface area (Å²) in [6.45, 7) is 1.37. The molecule has 1 aromatic rings. The summed E-state index contributed by atoms with van der Waals surface area (Å²) in [5, 5.41) is 0.346. The largest absolute Gasteiger partial charge is 0.495 e. The molecular formula is C12H19ClN2O5S2. The summed E-state index contributed by atoms with van der Waals surface area (Å²) in [5.74, 6) is 0.250. The molecule has 0 bridgehead atoms. The minimum absolute atomic E-state index is 0.0566. The van der Waals surface area contributed by atoms with Crippen molar-refractivity contribution < 1.29 is 21.6 Å². The third kappa shape index (κ3) is 5.31. The molecule has 22 heavy (non-hydrogen) atoms. The van der Waals surface area contributed by atoms with E-state index < -0.39 is 20.0 Å². The smallest absolute Gasteiger partial charge is 0.232 e. The summed E-state index contributed by atoms with van der Waals surface area (Å²) in [4.78, 5) is 0. The average molecular weight is 371 g/mol. The maximum absolute atomic E-state index is 12.0. The van der Waals surface area contributed by atoms with Crippen LogP contribution in [0.1, 0.15) is 6.92 Å². The molecule has 0 aliphatic heterocycles. The molecule has 0 spiro atoms. The van der Waals surface area contributed by atoms with Crippen molar-refractivity contribution in [2.24, 2.45) is 0 Å². The number of methoxy groups -OCH3 is 1. The van der Waals surface area contributed by atoms with E-state index in [0.717, 1.165) is 10.6 Å². The number of nitrogens with zero attached hydrogens (tertiary/aromatic N) is 1. The van der Waals surface area contributed by atoms with Crippen LogP contribution in [0.25, 0.3) is 0 Å². The first kappa shape index (κ1) is 19.0. The van der Waals surface area contributed by atoms with Gasteiger partial charge in [0.1, 0.15) is 5.75 Å². The normalized spacial score (nSPS) is 12.2. The fourth-order valence-electron chi connectivity index (χ4n) is 1.73. The Morgan fingerprint density at radius 2 is 1.91 bits per heavy atom. The third-order valence-corrected chi connectivity index (χ3v) is 5.65. The molecular weight excluding hydrogens is 352 g/mol. The summed E-state index contributed by atoms with van der Waals surface area (Å²) in [7, 11) is -5.62. The number of ether oxygens (including phenoxy) is 1. The second kappa shape index (κ2) is 7.49. The van der Waals surface area contributed by atoms with Crippen molar-refractivity contribution in [3.05, 3.63) is 23.2 Å². The second-order valence-electron chi connectivity index (χ2n) is 4.45. The molecule has 126 valence electrons. The maximum Gasteiger partial charge on any atom is 0.232 e. The van der Waals surface area contributed by atoms with E-state index in [1.165, 1.54) is 20.1 Å². The number of anilines is 1. The van der Waals surface area contributed by atoms with E-state index in [2.05, 4.69) is 4.72 Å². The Bertz CT molecular complexity index is 719. The van der Waals surface area contributed by atoms with Gasteiger partial charge in [-0.15, -0.1) is 0 Å². The van der Waals surface area contributed by atoms with Crippen LogP contribution in [-0.4, -0.2) is 49.0 Å². The third-order valence-electron chi connectivity index (χ3n) is 2.83. The summed E-state index contributed by atoms with van der Waals surface area (Å²) in [6, 6.07) is 4.58. The highest BCUT2D eigenvalue weighted by atomic mass is 35.5. The Morgan fingerprint density at radius 3 is 2.41 bits per heavy atom. The number of hydrogen-bond acceptors (Lipinski definition) is 5. The van der Waals surface area contributed by atoms with Crippen LogP contribution in [0.5, 0.6) is 5.75 Å². The Kier molecular flexibility index (Phi) is 6.48. The fraction of sp³-hybridized carbons (Fsp3) is 0.500. The molecule has 7 nitrogen and oxygen atoms in total. The molecule has 0 amide bonds. The molecule has 0 unspecified atom stereocenters. The molecule has 0 radical (unpaired) electrons. The van der Waals surface area contributed by atoms with Crippen LogP contribution in [0.3, 0.4) is 0 Å². The quantitative estimate of drug-likeness (QED) is 0.738. The van der Waals surface area contributed by atoms with E-state index in [1.54, 1.807) is 12.1 Å². The van der Waals surface area contributed by atoms with E-state index in [4.69, 9.17) is 16.3 Å². The lowest BCUT2D eigenvalue weighted by molar-refractivity contribution is 0.415. The van der Waals surface area contributed by atoms with Gasteiger partial charge in [0.15, 0.2) is 0 Å². The average Bonchev–Trinajstić information content (AvgIpc) is 2.42. The lowest BCUT2D eigenvalue weighted by atomic mass is 10.3. The Hall–Kier alpha value is -1.03. The zero-order valence-electron chi connectivity index (χ0n) is 12.5. The SMILES string of the molecule is CCS(=O)(=O)NCCN(c1cc(Cl)ccc1OC)S(C)(=O)=O. The number of sulfonamides is 2. The minimum Gasteiger partial charge on any atom is -0.495 e. The van der Waals surface area contributed by atoms with Crippen LogP contribution in [0.15, 0.2) is 18.2 Å². The lowest BCUT2D eigenvalue weighted by Crippen LogP contribution is -2.38. The highest BCUT2D eigenvalue weighted by Gasteiger charge is 2.22. The molecule has 1 N–H and O–H groups in total. The first-order chi connectivity index (χ1) is 10.1. The molecule has 0 aliphatic carbocycles. The molecule has 0 saturated heterocycles. The van der Waals surface area contributed by atoms with Crippen molar-refractivity contribution in [1.82, 2.24) is 4.72 Å². The predicted molar refractivity (Wildman–Crippen MR) is 87.7 cm³/mol. The maximum atomic E-state index is 12.0. The summed E-state index contributed by atoms with van der Waals surface area (Å²) in [5.41, 5.74) is 0.258. The Labute approximate surface area is 136 Å². The number of benzene rings is 1. The highest BCUT2D eigenvalue weighted by Crippen LogP contribution is 2.32. The monoisotopic (exact) mass is 370 g/mol. The lowest BCUT2D eigenvalue weighted by Gasteiger charge is -2.24. The van der Waals surface area contributed by atoms with Crippen LogP contribution in [0.2, 0.25) is 5.02 Å². The first-order valence-electron chi connectivity index (χ1n) is 6.39. The minimum atomic E-state index is -3.63. The molecule has 0 heterocycles. The number of halogens is 1. The van der Waals surface area contributed by atoms with E-state index in [9.17, 15) is 16.8 Å². The van der Waals surface area contributed by atoms with Crippen molar-refractivity contribution in [3.8, 4) is 5.75 Å². The second-order valence-corrected chi connectivity index (χ2v) is 8.89. The van der Waals surface area contributed by atoms with Gasteiger partial charge in [0.2, 0.25) is 20.0 Å². The van der Waals surface area contributed by atoms with Crippen LogP contribution in [0.4, 0.5) is 5.69 Å². The summed E-state index contributed by atoms with van der Waals surface area (Å²) >= 11 is 5.91. The van der Waals surface area contributed by atoms with Crippen LogP contribution in [0, 0.1) is 0 Å². The van der Waals surface area contributed by atoms with Crippen molar-refractivity contribution in [2.75, 3.05) is 36.5 Å². The summed E-state index contributed by atoms with van der Waals surface area (Å²) in [6.07, 6.45) is 1.03. The van der Waals surface area contributed by atoms with Gasteiger partial charge in [-0.05, 0) is 25.1 Å². The van der Waals surface area contributed by atoms with Crippen LogP contribution in [-0.2, 0) is 20.0 Å². The topological polar surface area (TPSA) is 92.8 Å². The molecule has 0 fully saturated rings. The van der Waals surface area contributed by atoms with Gasteiger partial charge < -0.3 is 4.74 Å². The van der Waals surface area contributed by atoms with Gasteiger partial charge >= 0.3 is 0 Å². The van der Waals surface area contributed by atoms with Gasteiger partial charge in [-0.2, -0.15) is 0 Å². The Morgan fingerprint density at radius 1 is 1.27 bits per heavy atom. The van der Waals surface area contributed by atoms with E-state index in [0.29, 0.717) is 10.8 Å². The Balaban J connectivity index is 3.08. The molecule has 0 atom stereocenters. The van der Waals surface area contributed by atoms with Crippen molar-refractivity contribution >= 4 is 37.3 Å². The molecule has 10 heteroatoms. The van der Waals surface area contributed by atoms with Crippen molar-refractivity contribution in [1.29, 1.82) is 0 Å². The first-order valence-corrected chi connectivity index (χ1v) is 10.3. The predicted octanol–water partition coefficient (Wildman–Crippen LogP) is 1.05. The fourth-order valence-corrected chi connectivity index (χ4v) is 3.42. The van der Waals surface area contributed by atoms with Gasteiger partial charge in [0.05, 0.1) is 24.8 Å². The molecule has 0 aliphatic rings. The molecule has 0 saturated carbocycles.